The van der Waals surface area contributed by atoms with Crippen molar-refractivity contribution in [3.05, 3.63) is 23.0 Å². The lowest BCUT2D eigenvalue weighted by Gasteiger charge is -2.07. The van der Waals surface area contributed by atoms with E-state index in [2.05, 4.69) is 9.56 Å². The van der Waals surface area contributed by atoms with E-state index in [1.807, 2.05) is 25.1 Å². The van der Waals surface area contributed by atoms with Gasteiger partial charge in [0.05, 0.1) is 23.9 Å². The minimum atomic E-state index is -0.00409. The minimum Gasteiger partial charge on any atom is -0.497 e. The summed E-state index contributed by atoms with van der Waals surface area (Å²) in [5.41, 5.74) is 1.07. The third-order valence-electron chi connectivity index (χ3n) is 4.71. The molecule has 3 rings (SSSR count). The van der Waals surface area contributed by atoms with E-state index in [1.54, 1.807) is 7.11 Å². The molecule has 2 aromatic rings. The van der Waals surface area contributed by atoms with Gasteiger partial charge in [-0.25, -0.2) is 0 Å². The summed E-state index contributed by atoms with van der Waals surface area (Å²) in [5.74, 6) is 1.33. The van der Waals surface area contributed by atoms with Crippen molar-refractivity contribution in [1.82, 2.24) is 4.57 Å². The quantitative estimate of drug-likeness (QED) is 0.705. The van der Waals surface area contributed by atoms with Crippen LogP contribution in [0.5, 0.6) is 5.75 Å². The molecule has 5 nitrogen and oxygen atoms in total. The Bertz CT molecular complexity index is 788. The molecule has 1 saturated carbocycles. The van der Waals surface area contributed by atoms with E-state index >= 15 is 0 Å². The Morgan fingerprint density at radius 2 is 2.16 bits per heavy atom. The number of carbonyl (C=O) groups is 1. The maximum absolute atomic E-state index is 12.4. The highest BCUT2D eigenvalue weighted by Crippen LogP contribution is 2.28. The number of fused-ring (bicyclic) bond motifs is 1. The molecule has 0 atom stereocenters. The highest BCUT2D eigenvalue weighted by molar-refractivity contribution is 7.16. The molecule has 0 spiro atoms. The molecule has 0 N–H and O–H groups in total. The molecule has 0 saturated heterocycles. The number of nitrogens with zero attached hydrogens (tertiary/aromatic N) is 2. The lowest BCUT2D eigenvalue weighted by atomic mass is 10.0. The summed E-state index contributed by atoms with van der Waals surface area (Å²) < 4.78 is 14.0. The molecule has 0 radical (unpaired) electrons. The van der Waals surface area contributed by atoms with Gasteiger partial charge in [-0.15, -0.1) is 0 Å². The fourth-order valence-electron chi connectivity index (χ4n) is 3.40. The smallest absolute Gasteiger partial charge is 0.248 e. The van der Waals surface area contributed by atoms with E-state index in [9.17, 15) is 4.79 Å². The molecule has 0 unspecified atom stereocenters. The van der Waals surface area contributed by atoms with E-state index in [0.717, 1.165) is 33.6 Å². The number of ether oxygens (including phenoxy) is 2. The van der Waals surface area contributed by atoms with Crippen LogP contribution < -0.4 is 9.54 Å². The van der Waals surface area contributed by atoms with Crippen LogP contribution in [-0.2, 0) is 16.1 Å². The van der Waals surface area contributed by atoms with Gasteiger partial charge in [0.15, 0.2) is 4.80 Å². The zero-order valence-corrected chi connectivity index (χ0v) is 15.8. The molecule has 0 aliphatic heterocycles. The molecule has 1 aromatic carbocycles. The number of thiazole rings is 1. The molecule has 1 aliphatic rings. The largest absolute Gasteiger partial charge is 0.497 e. The Hall–Kier alpha value is -1.66. The van der Waals surface area contributed by atoms with Crippen molar-refractivity contribution < 1.29 is 14.3 Å². The summed E-state index contributed by atoms with van der Waals surface area (Å²) in [5, 5.41) is 0. The molecule has 6 heteroatoms. The first-order valence-corrected chi connectivity index (χ1v) is 9.85. The standard InChI is InChI=1S/C19H26N2O3S/c1-3-24-11-10-21-16-9-8-15(23-2)13-17(16)25-19(21)20-18(22)12-14-6-4-5-7-14/h8-9,13-14H,3-7,10-12H2,1-2H3. The van der Waals surface area contributed by atoms with Crippen LogP contribution >= 0.6 is 11.3 Å². The molecule has 1 fully saturated rings. The number of carbonyl (C=O) groups excluding carboxylic acids is 1. The summed E-state index contributed by atoms with van der Waals surface area (Å²) in [4.78, 5) is 17.6. The van der Waals surface area contributed by atoms with Gasteiger partial charge in [0.2, 0.25) is 5.91 Å². The van der Waals surface area contributed by atoms with Crippen LogP contribution in [0.2, 0.25) is 0 Å². The Balaban J connectivity index is 1.91. The normalized spacial score (nSPS) is 16.0. The second-order valence-corrected chi connectivity index (χ2v) is 7.44. The molecular formula is C19H26N2O3S. The fourth-order valence-corrected chi connectivity index (χ4v) is 4.50. The maximum Gasteiger partial charge on any atom is 0.248 e. The van der Waals surface area contributed by atoms with Crippen molar-refractivity contribution in [2.45, 2.75) is 45.6 Å². The SMILES string of the molecule is CCOCCn1c(=NC(=O)CC2CCCC2)sc2cc(OC)ccc21. The van der Waals surface area contributed by atoms with Crippen molar-refractivity contribution in [3.8, 4) is 5.75 Å². The van der Waals surface area contributed by atoms with Gasteiger partial charge in [-0.3, -0.25) is 4.79 Å². The third kappa shape index (κ3) is 4.50. The summed E-state index contributed by atoms with van der Waals surface area (Å²) in [7, 11) is 1.66. The Kier molecular flexibility index (Phi) is 6.26. The van der Waals surface area contributed by atoms with E-state index in [1.165, 1.54) is 24.2 Å². The second-order valence-electron chi connectivity index (χ2n) is 6.43. The summed E-state index contributed by atoms with van der Waals surface area (Å²) in [6, 6.07) is 5.96. The Morgan fingerprint density at radius 1 is 1.36 bits per heavy atom. The minimum absolute atomic E-state index is 0.00409. The predicted octanol–water partition coefficient (Wildman–Crippen LogP) is 3.76. The first-order chi connectivity index (χ1) is 12.2. The zero-order valence-electron chi connectivity index (χ0n) is 15.0. The first kappa shape index (κ1) is 18.1. The third-order valence-corrected chi connectivity index (χ3v) is 5.75. The average Bonchev–Trinajstić information content (AvgIpc) is 3.22. The molecule has 1 aliphatic carbocycles. The fraction of sp³-hybridized carbons (Fsp3) is 0.579. The molecule has 1 amide bonds. The van der Waals surface area contributed by atoms with Gasteiger partial charge in [-0.2, -0.15) is 4.99 Å². The second kappa shape index (κ2) is 8.63. The van der Waals surface area contributed by atoms with Crippen molar-refractivity contribution in [2.24, 2.45) is 10.9 Å². The number of aromatic nitrogens is 1. The lowest BCUT2D eigenvalue weighted by Crippen LogP contribution is -2.20. The van der Waals surface area contributed by atoms with Crippen LogP contribution in [0.1, 0.15) is 39.0 Å². The number of hydrogen-bond acceptors (Lipinski definition) is 4. The average molecular weight is 362 g/mol. The van der Waals surface area contributed by atoms with Crippen LogP contribution in [0, 0.1) is 5.92 Å². The van der Waals surface area contributed by atoms with E-state index in [4.69, 9.17) is 9.47 Å². The molecule has 25 heavy (non-hydrogen) atoms. The van der Waals surface area contributed by atoms with Crippen LogP contribution in [-0.4, -0.2) is 30.8 Å². The first-order valence-electron chi connectivity index (χ1n) is 9.04. The van der Waals surface area contributed by atoms with Crippen LogP contribution in [0.3, 0.4) is 0 Å². The number of methoxy groups -OCH3 is 1. The number of hydrogen-bond donors (Lipinski definition) is 0. The van der Waals surface area contributed by atoms with Gasteiger partial charge >= 0.3 is 0 Å². The van der Waals surface area contributed by atoms with Gasteiger partial charge in [0.25, 0.3) is 0 Å². The number of benzene rings is 1. The summed E-state index contributed by atoms with van der Waals surface area (Å²) in [6.07, 6.45) is 5.39. The van der Waals surface area contributed by atoms with Crippen molar-refractivity contribution in [2.75, 3.05) is 20.3 Å². The predicted molar refractivity (Wildman–Crippen MR) is 100 cm³/mol. The Morgan fingerprint density at radius 3 is 2.88 bits per heavy atom. The molecule has 136 valence electrons. The van der Waals surface area contributed by atoms with Crippen molar-refractivity contribution in [3.63, 3.8) is 0 Å². The summed E-state index contributed by atoms with van der Waals surface area (Å²) in [6.45, 7) is 3.97. The maximum atomic E-state index is 12.4. The highest BCUT2D eigenvalue weighted by atomic mass is 32.1. The van der Waals surface area contributed by atoms with E-state index in [0.29, 0.717) is 32.1 Å². The van der Waals surface area contributed by atoms with Gasteiger partial charge in [0.1, 0.15) is 5.75 Å². The van der Waals surface area contributed by atoms with Gasteiger partial charge in [-0.1, -0.05) is 24.2 Å². The van der Waals surface area contributed by atoms with Crippen LogP contribution in [0.25, 0.3) is 10.2 Å². The van der Waals surface area contributed by atoms with Gasteiger partial charge in [-0.05, 0) is 43.9 Å². The monoisotopic (exact) mass is 362 g/mol. The molecular weight excluding hydrogens is 336 g/mol. The number of rotatable bonds is 7. The topological polar surface area (TPSA) is 52.8 Å². The van der Waals surface area contributed by atoms with Gasteiger partial charge < -0.3 is 14.0 Å². The van der Waals surface area contributed by atoms with Gasteiger partial charge in [0, 0.05) is 19.6 Å². The summed E-state index contributed by atoms with van der Waals surface area (Å²) >= 11 is 1.54. The van der Waals surface area contributed by atoms with Crippen LogP contribution in [0.4, 0.5) is 0 Å². The highest BCUT2D eigenvalue weighted by Gasteiger charge is 2.18. The van der Waals surface area contributed by atoms with E-state index in [-0.39, 0.29) is 5.91 Å². The van der Waals surface area contributed by atoms with Crippen molar-refractivity contribution >= 4 is 27.5 Å². The Labute approximate surface area is 152 Å². The number of amides is 1. The van der Waals surface area contributed by atoms with Crippen LogP contribution in [0.15, 0.2) is 23.2 Å². The lowest BCUT2D eigenvalue weighted by molar-refractivity contribution is -0.118. The zero-order chi connectivity index (χ0) is 17.6. The van der Waals surface area contributed by atoms with Crippen molar-refractivity contribution in [1.29, 1.82) is 0 Å². The van der Waals surface area contributed by atoms with E-state index < -0.39 is 0 Å². The molecule has 0 bridgehead atoms. The molecule has 1 aromatic heterocycles. The molecule has 1 heterocycles.